The number of carbonyl (C=O) groups is 1. The summed E-state index contributed by atoms with van der Waals surface area (Å²) in [6.07, 6.45) is 1.53. The van der Waals surface area contributed by atoms with Crippen LogP contribution < -0.4 is 14.4 Å². The molecule has 0 saturated carbocycles. The third-order valence-electron chi connectivity index (χ3n) is 5.49. The van der Waals surface area contributed by atoms with Crippen LogP contribution in [0.3, 0.4) is 0 Å². The Kier molecular flexibility index (Phi) is 7.33. The summed E-state index contributed by atoms with van der Waals surface area (Å²) >= 11 is 3.00. The highest BCUT2D eigenvalue weighted by Gasteiger charge is 2.20. The standard InChI is InChI=1S/C25H24FN3O3S2/c1-15-16(2)34-25-23(15)24(27-14-28-25)33-13-22(30)29(19-8-6-18(26)7-9-19)12-17-5-10-20(31-3)21(11-17)32-4/h5-11,14H,12-13H2,1-4H3. The number of fused-ring (bicyclic) bond motifs is 1. The van der Waals surface area contributed by atoms with E-state index in [1.54, 1.807) is 48.7 Å². The number of hydrogen-bond acceptors (Lipinski definition) is 7. The van der Waals surface area contributed by atoms with Crippen LogP contribution >= 0.6 is 23.1 Å². The van der Waals surface area contributed by atoms with Crippen molar-refractivity contribution in [1.82, 2.24) is 9.97 Å². The van der Waals surface area contributed by atoms with Crippen LogP contribution in [-0.2, 0) is 11.3 Å². The second-order valence-corrected chi connectivity index (χ2v) is 9.74. The molecule has 0 aliphatic carbocycles. The lowest BCUT2D eigenvalue weighted by Crippen LogP contribution is -2.32. The van der Waals surface area contributed by atoms with Gasteiger partial charge in [-0.05, 0) is 61.4 Å². The molecule has 0 atom stereocenters. The van der Waals surface area contributed by atoms with Crippen molar-refractivity contribution in [1.29, 1.82) is 0 Å². The lowest BCUT2D eigenvalue weighted by Gasteiger charge is -2.23. The van der Waals surface area contributed by atoms with Crippen molar-refractivity contribution in [2.45, 2.75) is 25.4 Å². The fourth-order valence-electron chi connectivity index (χ4n) is 3.57. The Morgan fingerprint density at radius 2 is 1.79 bits per heavy atom. The summed E-state index contributed by atoms with van der Waals surface area (Å²) in [5.41, 5.74) is 2.60. The van der Waals surface area contributed by atoms with E-state index in [1.165, 1.54) is 35.1 Å². The average Bonchev–Trinajstić information content (AvgIpc) is 3.15. The normalized spacial score (nSPS) is 11.0. The van der Waals surface area contributed by atoms with Crippen LogP contribution in [-0.4, -0.2) is 35.8 Å². The van der Waals surface area contributed by atoms with Gasteiger partial charge in [-0.15, -0.1) is 11.3 Å². The molecule has 4 aromatic rings. The van der Waals surface area contributed by atoms with Gasteiger partial charge in [-0.3, -0.25) is 4.79 Å². The molecule has 1 amide bonds. The maximum atomic E-state index is 13.6. The molecule has 9 heteroatoms. The molecule has 0 N–H and O–H groups in total. The number of nitrogens with zero attached hydrogens (tertiary/aromatic N) is 3. The number of methoxy groups -OCH3 is 2. The first-order valence-electron chi connectivity index (χ1n) is 10.5. The van der Waals surface area contributed by atoms with Crippen molar-refractivity contribution in [3.8, 4) is 11.5 Å². The maximum Gasteiger partial charge on any atom is 0.237 e. The Hall–Kier alpha value is -3.17. The molecule has 0 aliphatic heterocycles. The molecule has 0 spiro atoms. The Morgan fingerprint density at radius 3 is 2.50 bits per heavy atom. The maximum absolute atomic E-state index is 13.6. The Labute approximate surface area is 205 Å². The van der Waals surface area contributed by atoms with Crippen LogP contribution in [0.4, 0.5) is 10.1 Å². The summed E-state index contributed by atoms with van der Waals surface area (Å²) in [4.78, 5) is 26.0. The zero-order valence-corrected chi connectivity index (χ0v) is 20.9. The van der Waals surface area contributed by atoms with E-state index in [2.05, 4.69) is 16.9 Å². The lowest BCUT2D eigenvalue weighted by molar-refractivity contribution is -0.116. The molecule has 34 heavy (non-hydrogen) atoms. The number of aromatic nitrogens is 2. The van der Waals surface area contributed by atoms with Gasteiger partial charge in [-0.25, -0.2) is 14.4 Å². The monoisotopic (exact) mass is 497 g/mol. The summed E-state index contributed by atoms with van der Waals surface area (Å²) in [5, 5.41) is 1.78. The van der Waals surface area contributed by atoms with Gasteiger partial charge in [0.05, 0.1) is 26.5 Å². The van der Waals surface area contributed by atoms with Gasteiger partial charge in [0, 0.05) is 16.0 Å². The minimum Gasteiger partial charge on any atom is -0.493 e. The number of thiophene rings is 1. The van der Waals surface area contributed by atoms with Crippen molar-refractivity contribution < 1.29 is 18.7 Å². The van der Waals surface area contributed by atoms with Crippen LogP contribution in [0, 0.1) is 19.7 Å². The van der Waals surface area contributed by atoms with Gasteiger partial charge >= 0.3 is 0 Å². The first-order valence-corrected chi connectivity index (χ1v) is 12.3. The fraction of sp³-hybridized carbons (Fsp3) is 0.240. The molecule has 2 heterocycles. The van der Waals surface area contributed by atoms with Crippen LogP contribution in [0.2, 0.25) is 0 Å². The number of anilines is 1. The molecule has 0 fully saturated rings. The summed E-state index contributed by atoms with van der Waals surface area (Å²) in [5.74, 6) is 0.875. The van der Waals surface area contributed by atoms with E-state index in [0.717, 1.165) is 26.4 Å². The van der Waals surface area contributed by atoms with E-state index in [0.29, 0.717) is 23.7 Å². The second-order valence-electron chi connectivity index (χ2n) is 7.58. The fourth-order valence-corrected chi connectivity index (χ4v) is 5.57. The van der Waals surface area contributed by atoms with E-state index in [9.17, 15) is 9.18 Å². The smallest absolute Gasteiger partial charge is 0.237 e. The van der Waals surface area contributed by atoms with Gasteiger partial charge in [0.15, 0.2) is 11.5 Å². The SMILES string of the molecule is COc1ccc(CN(C(=O)CSc2ncnc3sc(C)c(C)c23)c2ccc(F)cc2)cc1OC. The number of amides is 1. The molecule has 0 bridgehead atoms. The number of thioether (sulfide) groups is 1. The number of aryl methyl sites for hydroxylation is 2. The molecular weight excluding hydrogens is 473 g/mol. The third-order valence-corrected chi connectivity index (χ3v) is 7.58. The average molecular weight is 498 g/mol. The molecule has 6 nitrogen and oxygen atoms in total. The molecule has 2 aromatic heterocycles. The molecule has 4 rings (SSSR count). The van der Waals surface area contributed by atoms with Crippen LogP contribution in [0.5, 0.6) is 11.5 Å². The van der Waals surface area contributed by atoms with Crippen molar-refractivity contribution in [3.05, 3.63) is 70.6 Å². The molecule has 0 unspecified atom stereocenters. The largest absolute Gasteiger partial charge is 0.493 e. The minimum atomic E-state index is -0.358. The zero-order valence-electron chi connectivity index (χ0n) is 19.3. The molecule has 0 saturated heterocycles. The molecule has 2 aromatic carbocycles. The summed E-state index contributed by atoms with van der Waals surface area (Å²) in [6, 6.07) is 11.4. The topological polar surface area (TPSA) is 64.5 Å². The highest BCUT2D eigenvalue weighted by atomic mass is 32.2. The van der Waals surface area contributed by atoms with Crippen LogP contribution in [0.1, 0.15) is 16.0 Å². The van der Waals surface area contributed by atoms with E-state index < -0.39 is 0 Å². The van der Waals surface area contributed by atoms with Gasteiger partial charge in [0.2, 0.25) is 5.91 Å². The molecular formula is C25H24FN3O3S2. The molecule has 0 aliphatic rings. The molecule has 0 radical (unpaired) electrons. The van der Waals surface area contributed by atoms with Crippen LogP contribution in [0.25, 0.3) is 10.2 Å². The van der Waals surface area contributed by atoms with Gasteiger partial charge in [-0.1, -0.05) is 17.8 Å². The quantitative estimate of drug-likeness (QED) is 0.227. The van der Waals surface area contributed by atoms with E-state index >= 15 is 0 Å². The van der Waals surface area contributed by atoms with Crippen molar-refractivity contribution in [2.24, 2.45) is 0 Å². The predicted octanol–water partition coefficient (Wildman–Crippen LogP) is 5.79. The number of hydrogen-bond donors (Lipinski definition) is 0. The zero-order chi connectivity index (χ0) is 24.2. The lowest BCUT2D eigenvalue weighted by atomic mass is 10.1. The van der Waals surface area contributed by atoms with E-state index in [-0.39, 0.29) is 17.5 Å². The van der Waals surface area contributed by atoms with E-state index in [4.69, 9.17) is 9.47 Å². The Balaban J connectivity index is 1.60. The van der Waals surface area contributed by atoms with Gasteiger partial charge in [0.25, 0.3) is 0 Å². The van der Waals surface area contributed by atoms with Gasteiger partial charge in [0.1, 0.15) is 22.0 Å². The number of carbonyl (C=O) groups excluding carboxylic acids is 1. The van der Waals surface area contributed by atoms with Gasteiger partial charge < -0.3 is 14.4 Å². The Morgan fingerprint density at radius 1 is 1.06 bits per heavy atom. The number of halogens is 1. The summed E-state index contributed by atoms with van der Waals surface area (Å²) in [6.45, 7) is 4.40. The first kappa shape index (κ1) is 24.0. The number of benzene rings is 2. The van der Waals surface area contributed by atoms with E-state index in [1.807, 2.05) is 19.1 Å². The van der Waals surface area contributed by atoms with Crippen molar-refractivity contribution in [3.63, 3.8) is 0 Å². The minimum absolute atomic E-state index is 0.122. The van der Waals surface area contributed by atoms with Crippen molar-refractivity contribution in [2.75, 3.05) is 24.9 Å². The third kappa shape index (κ3) is 5.00. The van der Waals surface area contributed by atoms with Crippen LogP contribution in [0.15, 0.2) is 53.8 Å². The highest BCUT2D eigenvalue weighted by Crippen LogP contribution is 2.35. The number of rotatable bonds is 8. The first-order chi connectivity index (χ1) is 16.4. The Bertz CT molecular complexity index is 1330. The summed E-state index contributed by atoms with van der Waals surface area (Å²) in [7, 11) is 3.14. The molecule has 176 valence electrons. The number of ether oxygens (including phenoxy) is 2. The van der Waals surface area contributed by atoms with Gasteiger partial charge in [-0.2, -0.15) is 0 Å². The summed E-state index contributed by atoms with van der Waals surface area (Å²) < 4.78 is 24.3. The highest BCUT2D eigenvalue weighted by molar-refractivity contribution is 8.00. The predicted molar refractivity (Wildman–Crippen MR) is 135 cm³/mol. The second kappa shape index (κ2) is 10.4. The van der Waals surface area contributed by atoms with Crippen molar-refractivity contribution >= 4 is 44.9 Å².